The van der Waals surface area contributed by atoms with Crippen LogP contribution in [0, 0.1) is 12.8 Å². The van der Waals surface area contributed by atoms with Crippen molar-refractivity contribution in [2.24, 2.45) is 5.92 Å². The Labute approximate surface area is 127 Å². The summed E-state index contributed by atoms with van der Waals surface area (Å²) in [6.45, 7) is 4.23. The Bertz CT molecular complexity index is 488. The maximum absolute atomic E-state index is 12.9. The topological polar surface area (TPSA) is 29.5 Å². The molecule has 1 aliphatic carbocycles. The molecular formula is C18H25NO2. The number of carbonyl (C=O) groups is 1. The highest BCUT2D eigenvalue weighted by molar-refractivity contribution is 5.79. The van der Waals surface area contributed by atoms with E-state index in [4.69, 9.17) is 4.74 Å². The average molecular weight is 287 g/mol. The summed E-state index contributed by atoms with van der Waals surface area (Å²) in [5, 5.41) is 0. The van der Waals surface area contributed by atoms with E-state index >= 15 is 0 Å². The van der Waals surface area contributed by atoms with Crippen LogP contribution in [0.2, 0.25) is 0 Å². The van der Waals surface area contributed by atoms with E-state index in [1.807, 2.05) is 0 Å². The quantitative estimate of drug-likeness (QED) is 0.850. The van der Waals surface area contributed by atoms with Crippen molar-refractivity contribution < 1.29 is 9.53 Å². The molecule has 0 N–H and O–H groups in total. The Kier molecular flexibility index (Phi) is 4.59. The Morgan fingerprint density at radius 1 is 1.24 bits per heavy atom. The summed E-state index contributed by atoms with van der Waals surface area (Å²) in [5.41, 5.74) is 2.55. The lowest BCUT2D eigenvalue weighted by atomic mass is 10.0. The SMILES string of the molecule is Cc1ccccc1CN(C(=O)[C@H]1CCOC1)C1CCCC1. The van der Waals surface area contributed by atoms with E-state index in [1.54, 1.807) is 0 Å². The zero-order valence-electron chi connectivity index (χ0n) is 12.9. The number of hydrogen-bond acceptors (Lipinski definition) is 2. The second-order valence-electron chi connectivity index (χ2n) is 6.39. The molecule has 0 bridgehead atoms. The van der Waals surface area contributed by atoms with E-state index in [0.29, 0.717) is 18.6 Å². The summed E-state index contributed by atoms with van der Waals surface area (Å²) >= 11 is 0. The highest BCUT2D eigenvalue weighted by atomic mass is 16.5. The summed E-state index contributed by atoms with van der Waals surface area (Å²) in [6, 6.07) is 8.84. The lowest BCUT2D eigenvalue weighted by Gasteiger charge is -2.31. The minimum absolute atomic E-state index is 0.0784. The first-order valence-electron chi connectivity index (χ1n) is 8.18. The maximum atomic E-state index is 12.9. The predicted octanol–water partition coefficient (Wildman–Crippen LogP) is 3.30. The van der Waals surface area contributed by atoms with Crippen molar-refractivity contribution >= 4 is 5.91 Å². The second-order valence-corrected chi connectivity index (χ2v) is 6.39. The summed E-state index contributed by atoms with van der Waals surface area (Å²) in [7, 11) is 0. The number of nitrogens with zero attached hydrogens (tertiary/aromatic N) is 1. The molecule has 21 heavy (non-hydrogen) atoms. The van der Waals surface area contributed by atoms with Gasteiger partial charge in [-0.2, -0.15) is 0 Å². The van der Waals surface area contributed by atoms with Crippen molar-refractivity contribution in [3.8, 4) is 0 Å². The number of carbonyl (C=O) groups excluding carboxylic acids is 1. The molecule has 1 saturated carbocycles. The molecule has 1 aromatic carbocycles. The third-order valence-electron chi connectivity index (χ3n) is 4.93. The van der Waals surface area contributed by atoms with Crippen LogP contribution in [0.1, 0.15) is 43.2 Å². The van der Waals surface area contributed by atoms with Crippen LogP contribution in [0.5, 0.6) is 0 Å². The molecule has 1 heterocycles. The Hall–Kier alpha value is -1.35. The lowest BCUT2D eigenvalue weighted by Crippen LogP contribution is -2.42. The largest absolute Gasteiger partial charge is 0.381 e. The van der Waals surface area contributed by atoms with Crippen LogP contribution >= 0.6 is 0 Å². The van der Waals surface area contributed by atoms with E-state index in [0.717, 1.165) is 32.4 Å². The first-order chi connectivity index (χ1) is 10.3. The normalized spacial score (nSPS) is 22.6. The van der Waals surface area contributed by atoms with Crippen molar-refractivity contribution in [1.82, 2.24) is 4.90 Å². The van der Waals surface area contributed by atoms with Gasteiger partial charge in [-0.15, -0.1) is 0 Å². The van der Waals surface area contributed by atoms with Crippen molar-refractivity contribution in [1.29, 1.82) is 0 Å². The molecule has 0 unspecified atom stereocenters. The number of benzene rings is 1. The van der Waals surface area contributed by atoms with Gasteiger partial charge in [0.25, 0.3) is 0 Å². The third-order valence-corrected chi connectivity index (χ3v) is 4.93. The number of rotatable bonds is 4. The molecule has 0 spiro atoms. The van der Waals surface area contributed by atoms with Gasteiger partial charge in [0, 0.05) is 19.2 Å². The number of hydrogen-bond donors (Lipinski definition) is 0. The van der Waals surface area contributed by atoms with Gasteiger partial charge in [-0.25, -0.2) is 0 Å². The molecule has 1 atom stereocenters. The van der Waals surface area contributed by atoms with Crippen LogP contribution in [-0.2, 0) is 16.1 Å². The Balaban J connectivity index is 1.78. The van der Waals surface area contributed by atoms with Crippen LogP contribution in [0.3, 0.4) is 0 Å². The number of ether oxygens (including phenoxy) is 1. The molecule has 3 rings (SSSR count). The van der Waals surface area contributed by atoms with Gasteiger partial charge in [0.2, 0.25) is 5.91 Å². The summed E-state index contributed by atoms with van der Waals surface area (Å²) in [4.78, 5) is 15.0. The molecule has 1 aromatic rings. The highest BCUT2D eigenvalue weighted by Gasteiger charge is 2.33. The number of amides is 1. The predicted molar refractivity (Wildman–Crippen MR) is 82.9 cm³/mol. The Morgan fingerprint density at radius 3 is 2.67 bits per heavy atom. The fourth-order valence-electron chi connectivity index (χ4n) is 3.54. The third kappa shape index (κ3) is 3.29. The molecule has 0 aromatic heterocycles. The maximum Gasteiger partial charge on any atom is 0.228 e. The van der Waals surface area contributed by atoms with Gasteiger partial charge in [0.1, 0.15) is 0 Å². The fraction of sp³-hybridized carbons (Fsp3) is 0.611. The minimum Gasteiger partial charge on any atom is -0.381 e. The lowest BCUT2D eigenvalue weighted by molar-refractivity contribution is -0.138. The van der Waals surface area contributed by atoms with Crippen molar-refractivity contribution in [2.45, 2.75) is 51.6 Å². The van der Waals surface area contributed by atoms with Crippen molar-refractivity contribution in [2.75, 3.05) is 13.2 Å². The average Bonchev–Trinajstić information content (AvgIpc) is 3.19. The van der Waals surface area contributed by atoms with Gasteiger partial charge >= 0.3 is 0 Å². The molecule has 1 aliphatic heterocycles. The summed E-state index contributed by atoms with van der Waals surface area (Å²) in [6.07, 6.45) is 5.71. The van der Waals surface area contributed by atoms with E-state index in [2.05, 4.69) is 36.1 Å². The summed E-state index contributed by atoms with van der Waals surface area (Å²) in [5.74, 6) is 0.386. The van der Waals surface area contributed by atoms with Crippen LogP contribution < -0.4 is 0 Å². The van der Waals surface area contributed by atoms with Crippen LogP contribution in [-0.4, -0.2) is 30.1 Å². The van der Waals surface area contributed by atoms with Crippen LogP contribution in [0.25, 0.3) is 0 Å². The molecular weight excluding hydrogens is 262 g/mol. The minimum atomic E-state index is 0.0784. The highest BCUT2D eigenvalue weighted by Crippen LogP contribution is 2.28. The first kappa shape index (κ1) is 14.6. The van der Waals surface area contributed by atoms with Gasteiger partial charge in [0.05, 0.1) is 12.5 Å². The van der Waals surface area contributed by atoms with E-state index in [1.165, 1.54) is 24.0 Å². The van der Waals surface area contributed by atoms with Gasteiger partial charge in [-0.1, -0.05) is 37.1 Å². The molecule has 0 radical (unpaired) electrons. The van der Waals surface area contributed by atoms with Crippen molar-refractivity contribution in [3.05, 3.63) is 35.4 Å². The zero-order chi connectivity index (χ0) is 14.7. The Morgan fingerprint density at radius 2 is 2.00 bits per heavy atom. The van der Waals surface area contributed by atoms with Crippen molar-refractivity contribution in [3.63, 3.8) is 0 Å². The van der Waals surface area contributed by atoms with Crippen LogP contribution in [0.15, 0.2) is 24.3 Å². The standard InChI is InChI=1S/C18H25NO2/c1-14-6-2-3-7-15(14)12-19(17-8-4-5-9-17)18(20)16-10-11-21-13-16/h2-3,6-7,16-17H,4-5,8-13H2,1H3/t16-/m0/s1. The molecule has 1 amide bonds. The van der Waals surface area contributed by atoms with Gasteiger partial charge in [-0.3, -0.25) is 4.79 Å². The van der Waals surface area contributed by atoms with Gasteiger partial charge in [-0.05, 0) is 37.3 Å². The van der Waals surface area contributed by atoms with E-state index < -0.39 is 0 Å². The summed E-state index contributed by atoms with van der Waals surface area (Å²) < 4.78 is 5.42. The van der Waals surface area contributed by atoms with Gasteiger partial charge < -0.3 is 9.64 Å². The zero-order valence-corrected chi connectivity index (χ0v) is 12.9. The molecule has 2 aliphatic rings. The smallest absolute Gasteiger partial charge is 0.228 e. The first-order valence-corrected chi connectivity index (χ1v) is 8.18. The molecule has 3 heteroatoms. The fourth-order valence-corrected chi connectivity index (χ4v) is 3.54. The van der Waals surface area contributed by atoms with E-state index in [-0.39, 0.29) is 5.92 Å². The van der Waals surface area contributed by atoms with Gasteiger partial charge in [0.15, 0.2) is 0 Å². The molecule has 114 valence electrons. The number of aryl methyl sites for hydroxylation is 1. The molecule has 3 nitrogen and oxygen atoms in total. The second kappa shape index (κ2) is 6.61. The van der Waals surface area contributed by atoms with Crippen LogP contribution in [0.4, 0.5) is 0 Å². The monoisotopic (exact) mass is 287 g/mol. The van der Waals surface area contributed by atoms with E-state index in [9.17, 15) is 4.79 Å². The molecule has 1 saturated heterocycles. The molecule has 2 fully saturated rings.